The van der Waals surface area contributed by atoms with E-state index in [1.807, 2.05) is 0 Å². The molecule has 1 aromatic heterocycles. The van der Waals surface area contributed by atoms with Crippen LogP contribution in [0.3, 0.4) is 0 Å². The van der Waals surface area contributed by atoms with Crippen molar-refractivity contribution in [2.24, 2.45) is 11.7 Å². The number of alkyl halides is 3. The summed E-state index contributed by atoms with van der Waals surface area (Å²) in [4.78, 5) is 3.40. The molecule has 2 N–H and O–H groups in total. The highest BCUT2D eigenvalue weighted by atomic mass is 19.4. The predicted octanol–water partition coefficient (Wildman–Crippen LogP) is 2.84. The summed E-state index contributed by atoms with van der Waals surface area (Å²) in [6, 6.07) is 0. The Balaban J connectivity index is 2.14. The van der Waals surface area contributed by atoms with Crippen LogP contribution < -0.4 is 5.73 Å². The summed E-state index contributed by atoms with van der Waals surface area (Å²) in [5, 5.41) is 3.40. The minimum Gasteiger partial charge on any atom is -0.329 e. The van der Waals surface area contributed by atoms with Gasteiger partial charge in [0.05, 0.1) is 5.54 Å². The highest BCUT2D eigenvalue weighted by Gasteiger charge is 2.42. The summed E-state index contributed by atoms with van der Waals surface area (Å²) >= 11 is 0. The van der Waals surface area contributed by atoms with E-state index in [4.69, 9.17) is 5.73 Å². The van der Waals surface area contributed by atoms with Crippen molar-refractivity contribution in [3.63, 3.8) is 0 Å². The molecule has 18 heavy (non-hydrogen) atoms. The van der Waals surface area contributed by atoms with Gasteiger partial charge in [0.25, 0.3) is 0 Å². The monoisotopic (exact) mass is 263 g/mol. The van der Waals surface area contributed by atoms with E-state index in [1.54, 1.807) is 0 Å². The SMILES string of the molecule is CCC1CCC(N)(c2noc(C(F)(F)F)n2)CC1. The average Bonchev–Trinajstić information content (AvgIpc) is 2.79. The molecular weight excluding hydrogens is 247 g/mol. The molecule has 0 spiro atoms. The molecule has 102 valence electrons. The third kappa shape index (κ3) is 2.50. The predicted molar refractivity (Wildman–Crippen MR) is 57.4 cm³/mol. The van der Waals surface area contributed by atoms with Gasteiger partial charge in [-0.25, -0.2) is 0 Å². The lowest BCUT2D eigenvalue weighted by atomic mass is 9.76. The summed E-state index contributed by atoms with van der Waals surface area (Å²) in [6.45, 7) is 2.10. The van der Waals surface area contributed by atoms with Crippen LogP contribution in [0.2, 0.25) is 0 Å². The molecule has 1 saturated carbocycles. The summed E-state index contributed by atoms with van der Waals surface area (Å²) < 4.78 is 41.4. The Labute approximate surface area is 103 Å². The van der Waals surface area contributed by atoms with Crippen molar-refractivity contribution in [2.45, 2.75) is 50.7 Å². The minimum atomic E-state index is -4.61. The van der Waals surface area contributed by atoms with Gasteiger partial charge < -0.3 is 10.3 Å². The first-order chi connectivity index (χ1) is 8.35. The molecule has 1 aromatic rings. The van der Waals surface area contributed by atoms with Crippen molar-refractivity contribution in [3.05, 3.63) is 11.7 Å². The van der Waals surface area contributed by atoms with E-state index < -0.39 is 17.6 Å². The molecule has 1 heterocycles. The van der Waals surface area contributed by atoms with Crippen LogP contribution in [0.15, 0.2) is 4.52 Å². The van der Waals surface area contributed by atoms with Crippen LogP contribution in [0.5, 0.6) is 0 Å². The van der Waals surface area contributed by atoms with Crippen molar-refractivity contribution in [3.8, 4) is 0 Å². The molecule has 1 fully saturated rings. The number of hydrogen-bond donors (Lipinski definition) is 1. The molecule has 0 unspecified atom stereocenters. The van der Waals surface area contributed by atoms with Gasteiger partial charge in [-0.1, -0.05) is 18.5 Å². The Kier molecular flexibility index (Phi) is 3.35. The lowest BCUT2D eigenvalue weighted by molar-refractivity contribution is -0.159. The number of nitrogens with two attached hydrogens (primary N) is 1. The normalized spacial score (nSPS) is 29.5. The summed E-state index contributed by atoms with van der Waals surface area (Å²) in [6.07, 6.45) is -0.561. The fourth-order valence-corrected chi connectivity index (χ4v) is 2.37. The van der Waals surface area contributed by atoms with Gasteiger partial charge in [-0.3, -0.25) is 0 Å². The van der Waals surface area contributed by atoms with Crippen LogP contribution in [0, 0.1) is 5.92 Å². The Morgan fingerprint density at radius 2 is 2.00 bits per heavy atom. The molecule has 0 atom stereocenters. The van der Waals surface area contributed by atoms with Crippen LogP contribution >= 0.6 is 0 Å². The molecule has 0 radical (unpaired) electrons. The second-order valence-electron chi connectivity index (χ2n) is 4.93. The zero-order valence-corrected chi connectivity index (χ0v) is 10.1. The van der Waals surface area contributed by atoms with Crippen molar-refractivity contribution >= 4 is 0 Å². The molecular formula is C11H16F3N3O. The molecule has 7 heteroatoms. The van der Waals surface area contributed by atoms with Crippen LogP contribution in [0.1, 0.15) is 50.7 Å². The van der Waals surface area contributed by atoms with Crippen LogP contribution in [0.4, 0.5) is 13.2 Å². The Bertz CT molecular complexity index is 408. The molecule has 2 rings (SSSR count). The van der Waals surface area contributed by atoms with Gasteiger partial charge in [0.15, 0.2) is 5.82 Å². The van der Waals surface area contributed by atoms with Gasteiger partial charge in [0.1, 0.15) is 0 Å². The zero-order chi connectivity index (χ0) is 13.4. The van der Waals surface area contributed by atoms with Gasteiger partial charge in [-0.2, -0.15) is 18.2 Å². The van der Waals surface area contributed by atoms with Crippen LogP contribution in [0.25, 0.3) is 0 Å². The second kappa shape index (κ2) is 4.53. The van der Waals surface area contributed by atoms with Gasteiger partial charge in [0.2, 0.25) is 0 Å². The zero-order valence-electron chi connectivity index (χ0n) is 10.1. The number of halogens is 3. The minimum absolute atomic E-state index is 0.0237. The molecule has 4 nitrogen and oxygen atoms in total. The number of aromatic nitrogens is 2. The van der Waals surface area contributed by atoms with E-state index in [1.165, 1.54) is 0 Å². The van der Waals surface area contributed by atoms with Crippen LogP contribution in [-0.4, -0.2) is 10.1 Å². The van der Waals surface area contributed by atoms with E-state index in [9.17, 15) is 13.2 Å². The standard InChI is InChI=1S/C11H16F3N3O/c1-2-7-3-5-10(15,6-4-7)8-16-9(18-17-8)11(12,13)14/h7H,2-6,15H2,1H3. The summed E-state index contributed by atoms with van der Waals surface area (Å²) in [7, 11) is 0. The first-order valence-corrected chi connectivity index (χ1v) is 6.05. The van der Waals surface area contributed by atoms with E-state index in [0.29, 0.717) is 18.8 Å². The molecule has 1 aliphatic rings. The maximum absolute atomic E-state index is 12.4. The van der Waals surface area contributed by atoms with E-state index in [0.717, 1.165) is 19.3 Å². The fraction of sp³-hybridized carbons (Fsp3) is 0.818. The van der Waals surface area contributed by atoms with E-state index >= 15 is 0 Å². The number of hydrogen-bond acceptors (Lipinski definition) is 4. The number of rotatable bonds is 2. The highest BCUT2D eigenvalue weighted by molar-refractivity contribution is 5.06. The molecule has 0 aromatic carbocycles. The third-order valence-corrected chi connectivity index (χ3v) is 3.69. The topological polar surface area (TPSA) is 64.9 Å². The molecule has 0 saturated heterocycles. The van der Waals surface area contributed by atoms with Crippen molar-refractivity contribution in [1.29, 1.82) is 0 Å². The lowest BCUT2D eigenvalue weighted by Gasteiger charge is -2.34. The van der Waals surface area contributed by atoms with E-state index in [2.05, 4.69) is 21.6 Å². The van der Waals surface area contributed by atoms with Gasteiger partial charge in [-0.15, -0.1) is 0 Å². The lowest BCUT2D eigenvalue weighted by Crippen LogP contribution is -2.41. The number of nitrogens with zero attached hydrogens (tertiary/aromatic N) is 2. The van der Waals surface area contributed by atoms with Crippen molar-refractivity contribution in [1.82, 2.24) is 10.1 Å². The second-order valence-corrected chi connectivity index (χ2v) is 4.93. The Hall–Kier alpha value is -1.11. The van der Waals surface area contributed by atoms with E-state index in [-0.39, 0.29) is 5.82 Å². The molecule has 1 aliphatic carbocycles. The Morgan fingerprint density at radius 1 is 1.39 bits per heavy atom. The maximum Gasteiger partial charge on any atom is 0.471 e. The van der Waals surface area contributed by atoms with Crippen molar-refractivity contribution in [2.75, 3.05) is 0 Å². The molecule has 0 amide bonds. The first kappa shape index (κ1) is 13.3. The quantitative estimate of drug-likeness (QED) is 0.891. The van der Waals surface area contributed by atoms with Crippen molar-refractivity contribution < 1.29 is 17.7 Å². The first-order valence-electron chi connectivity index (χ1n) is 6.05. The van der Waals surface area contributed by atoms with Gasteiger partial charge in [-0.05, 0) is 31.6 Å². The van der Waals surface area contributed by atoms with Gasteiger partial charge in [0, 0.05) is 0 Å². The molecule has 0 bridgehead atoms. The Morgan fingerprint density at radius 3 is 2.44 bits per heavy atom. The van der Waals surface area contributed by atoms with Gasteiger partial charge >= 0.3 is 12.1 Å². The fourth-order valence-electron chi connectivity index (χ4n) is 2.37. The maximum atomic E-state index is 12.4. The smallest absolute Gasteiger partial charge is 0.329 e. The summed E-state index contributed by atoms with van der Waals surface area (Å²) in [5.41, 5.74) is 5.23. The molecule has 0 aliphatic heterocycles. The average molecular weight is 263 g/mol. The summed E-state index contributed by atoms with van der Waals surface area (Å²) in [5.74, 6) is -0.750. The third-order valence-electron chi connectivity index (χ3n) is 3.69. The highest BCUT2D eigenvalue weighted by Crippen LogP contribution is 2.38. The largest absolute Gasteiger partial charge is 0.471 e. The van der Waals surface area contributed by atoms with Crippen LogP contribution in [-0.2, 0) is 11.7 Å².